The monoisotopic (exact) mass is 328 g/mol. The van der Waals surface area contributed by atoms with Crippen molar-refractivity contribution in [1.82, 2.24) is 10.1 Å². The fourth-order valence-electron chi connectivity index (χ4n) is 1.96. The highest BCUT2D eigenvalue weighted by Crippen LogP contribution is 2.20. The topological polar surface area (TPSA) is 65.2 Å². The lowest BCUT2D eigenvalue weighted by atomic mass is 10.1. The number of benzene rings is 2. The predicted molar refractivity (Wildman–Crippen MR) is 85.0 cm³/mol. The van der Waals surface area contributed by atoms with E-state index in [1.54, 1.807) is 30.3 Å². The quantitative estimate of drug-likeness (QED) is 0.676. The molecule has 0 spiro atoms. The molecule has 1 heterocycles. The molecular weight excluding hydrogens is 316 g/mol. The standard InChI is InChI=1S/C17H13ClN2O3/c1-11-5-7-12(8-6-11)17(21)22-10-15-19-16(20-23-15)13-3-2-4-14(18)9-13/h2-9H,10H2,1H3. The van der Waals surface area contributed by atoms with Gasteiger partial charge in [0.1, 0.15) is 0 Å². The van der Waals surface area contributed by atoms with E-state index in [0.29, 0.717) is 16.4 Å². The van der Waals surface area contributed by atoms with E-state index in [9.17, 15) is 4.79 Å². The molecule has 3 aromatic rings. The molecule has 1 aromatic heterocycles. The number of carbonyl (C=O) groups excluding carboxylic acids is 1. The van der Waals surface area contributed by atoms with Gasteiger partial charge in [-0.1, -0.05) is 46.6 Å². The van der Waals surface area contributed by atoms with Crippen LogP contribution in [0.25, 0.3) is 11.4 Å². The summed E-state index contributed by atoms with van der Waals surface area (Å²) in [6.45, 7) is 1.87. The number of rotatable bonds is 4. The van der Waals surface area contributed by atoms with E-state index in [-0.39, 0.29) is 12.5 Å². The minimum absolute atomic E-state index is 0.0831. The Hall–Kier alpha value is -2.66. The summed E-state index contributed by atoms with van der Waals surface area (Å²) < 4.78 is 10.2. The fourth-order valence-corrected chi connectivity index (χ4v) is 2.15. The molecule has 23 heavy (non-hydrogen) atoms. The molecule has 0 radical (unpaired) electrons. The highest BCUT2D eigenvalue weighted by atomic mass is 35.5. The first-order valence-electron chi connectivity index (χ1n) is 6.94. The fraction of sp³-hybridized carbons (Fsp3) is 0.118. The Balaban J connectivity index is 1.65. The number of esters is 1. The van der Waals surface area contributed by atoms with E-state index in [2.05, 4.69) is 10.1 Å². The van der Waals surface area contributed by atoms with Gasteiger partial charge in [-0.25, -0.2) is 4.79 Å². The van der Waals surface area contributed by atoms with Crippen LogP contribution in [0.4, 0.5) is 0 Å². The van der Waals surface area contributed by atoms with E-state index in [1.807, 2.05) is 25.1 Å². The molecule has 0 aliphatic carbocycles. The first kappa shape index (κ1) is 15.2. The summed E-state index contributed by atoms with van der Waals surface area (Å²) in [4.78, 5) is 16.1. The van der Waals surface area contributed by atoms with Crippen LogP contribution in [0.2, 0.25) is 5.02 Å². The summed E-state index contributed by atoms with van der Waals surface area (Å²) in [5.41, 5.74) is 2.28. The van der Waals surface area contributed by atoms with Gasteiger partial charge in [-0.05, 0) is 31.2 Å². The third-order valence-corrected chi connectivity index (χ3v) is 3.40. The Bertz CT molecular complexity index is 828. The predicted octanol–water partition coefficient (Wildman–Crippen LogP) is 4.06. The first-order valence-corrected chi connectivity index (χ1v) is 7.32. The van der Waals surface area contributed by atoms with Crippen LogP contribution in [-0.2, 0) is 11.3 Å². The van der Waals surface area contributed by atoms with Crippen LogP contribution in [0.15, 0.2) is 53.1 Å². The van der Waals surface area contributed by atoms with E-state index >= 15 is 0 Å². The third-order valence-electron chi connectivity index (χ3n) is 3.16. The molecule has 5 nitrogen and oxygen atoms in total. The van der Waals surface area contributed by atoms with Gasteiger partial charge in [0, 0.05) is 10.6 Å². The lowest BCUT2D eigenvalue weighted by Crippen LogP contribution is -2.05. The van der Waals surface area contributed by atoms with Gasteiger partial charge in [-0.2, -0.15) is 4.98 Å². The smallest absolute Gasteiger partial charge is 0.338 e. The summed E-state index contributed by atoms with van der Waals surface area (Å²) in [5.74, 6) is 0.182. The maximum absolute atomic E-state index is 11.9. The molecule has 0 aliphatic rings. The molecular formula is C17H13ClN2O3. The molecule has 0 N–H and O–H groups in total. The highest BCUT2D eigenvalue weighted by molar-refractivity contribution is 6.30. The average Bonchev–Trinajstić information content (AvgIpc) is 3.02. The molecule has 0 unspecified atom stereocenters. The summed E-state index contributed by atoms with van der Waals surface area (Å²) in [5, 5.41) is 4.44. The first-order chi connectivity index (χ1) is 11.1. The van der Waals surface area contributed by atoms with Gasteiger partial charge in [0.15, 0.2) is 6.61 Å². The molecule has 0 atom stereocenters. The Kier molecular flexibility index (Phi) is 4.39. The van der Waals surface area contributed by atoms with Crippen molar-refractivity contribution in [3.05, 3.63) is 70.6 Å². The SMILES string of the molecule is Cc1ccc(C(=O)OCc2nc(-c3cccc(Cl)c3)no2)cc1. The van der Waals surface area contributed by atoms with Crippen molar-refractivity contribution >= 4 is 17.6 Å². The molecule has 0 saturated carbocycles. The summed E-state index contributed by atoms with van der Waals surface area (Å²) in [7, 11) is 0. The second-order valence-electron chi connectivity index (χ2n) is 4.96. The van der Waals surface area contributed by atoms with Gasteiger partial charge < -0.3 is 9.26 Å². The number of aromatic nitrogens is 2. The number of hydrogen-bond acceptors (Lipinski definition) is 5. The summed E-state index contributed by atoms with van der Waals surface area (Å²) in [6.07, 6.45) is 0. The molecule has 6 heteroatoms. The van der Waals surface area contributed by atoms with Crippen LogP contribution in [0, 0.1) is 6.92 Å². The van der Waals surface area contributed by atoms with Crippen LogP contribution in [0.3, 0.4) is 0 Å². The lowest BCUT2D eigenvalue weighted by Gasteiger charge is -2.02. The number of nitrogens with zero attached hydrogens (tertiary/aromatic N) is 2. The van der Waals surface area contributed by atoms with E-state index in [4.69, 9.17) is 20.9 Å². The maximum atomic E-state index is 11.9. The van der Waals surface area contributed by atoms with E-state index < -0.39 is 5.97 Å². The zero-order valence-electron chi connectivity index (χ0n) is 12.3. The van der Waals surface area contributed by atoms with Crippen molar-refractivity contribution in [1.29, 1.82) is 0 Å². The third kappa shape index (κ3) is 3.76. The minimum atomic E-state index is -0.437. The van der Waals surface area contributed by atoms with Crippen molar-refractivity contribution < 1.29 is 14.1 Å². The zero-order chi connectivity index (χ0) is 16.2. The second-order valence-corrected chi connectivity index (χ2v) is 5.40. The maximum Gasteiger partial charge on any atom is 0.338 e. The van der Waals surface area contributed by atoms with Crippen molar-refractivity contribution in [2.24, 2.45) is 0 Å². The number of hydrogen-bond donors (Lipinski definition) is 0. The van der Waals surface area contributed by atoms with Crippen LogP contribution in [0.1, 0.15) is 21.8 Å². The van der Waals surface area contributed by atoms with Crippen LogP contribution < -0.4 is 0 Å². The Morgan fingerprint density at radius 3 is 2.74 bits per heavy atom. The second kappa shape index (κ2) is 6.62. The molecule has 2 aromatic carbocycles. The van der Waals surface area contributed by atoms with Crippen LogP contribution in [-0.4, -0.2) is 16.1 Å². The van der Waals surface area contributed by atoms with Crippen molar-refractivity contribution in [3.63, 3.8) is 0 Å². The Morgan fingerprint density at radius 2 is 2.00 bits per heavy atom. The molecule has 0 amide bonds. The zero-order valence-corrected chi connectivity index (χ0v) is 13.1. The normalized spacial score (nSPS) is 10.5. The van der Waals surface area contributed by atoms with E-state index in [0.717, 1.165) is 11.1 Å². The molecule has 0 aliphatic heterocycles. The van der Waals surface area contributed by atoms with Crippen molar-refractivity contribution in [2.75, 3.05) is 0 Å². The number of carbonyl (C=O) groups is 1. The summed E-state index contributed by atoms with van der Waals surface area (Å²) in [6, 6.07) is 14.2. The van der Waals surface area contributed by atoms with Crippen LogP contribution in [0.5, 0.6) is 0 Å². The van der Waals surface area contributed by atoms with Gasteiger partial charge in [0.05, 0.1) is 5.56 Å². The molecule has 0 bridgehead atoms. The van der Waals surface area contributed by atoms with Gasteiger partial charge >= 0.3 is 5.97 Å². The van der Waals surface area contributed by atoms with Gasteiger partial charge in [0.25, 0.3) is 5.89 Å². The van der Waals surface area contributed by atoms with Crippen LogP contribution >= 0.6 is 11.6 Å². The van der Waals surface area contributed by atoms with Gasteiger partial charge in [-0.15, -0.1) is 0 Å². The van der Waals surface area contributed by atoms with Gasteiger partial charge in [0.2, 0.25) is 5.82 Å². The molecule has 116 valence electrons. The minimum Gasteiger partial charge on any atom is -0.452 e. The van der Waals surface area contributed by atoms with E-state index in [1.165, 1.54) is 0 Å². The number of halogens is 1. The van der Waals surface area contributed by atoms with Crippen molar-refractivity contribution in [2.45, 2.75) is 13.5 Å². The number of ether oxygens (including phenoxy) is 1. The Morgan fingerprint density at radius 1 is 1.22 bits per heavy atom. The highest BCUT2D eigenvalue weighted by Gasteiger charge is 2.12. The summed E-state index contributed by atoms with van der Waals surface area (Å²) >= 11 is 5.93. The average molecular weight is 329 g/mol. The largest absolute Gasteiger partial charge is 0.452 e. The lowest BCUT2D eigenvalue weighted by molar-refractivity contribution is 0.0430. The number of aryl methyl sites for hydroxylation is 1. The molecule has 0 fully saturated rings. The molecule has 3 rings (SSSR count). The molecule has 0 saturated heterocycles. The van der Waals surface area contributed by atoms with Crippen molar-refractivity contribution in [3.8, 4) is 11.4 Å². The Labute approximate surface area is 137 Å². The van der Waals surface area contributed by atoms with Gasteiger partial charge in [-0.3, -0.25) is 0 Å².